The predicted molar refractivity (Wildman–Crippen MR) is 127 cm³/mol. The van der Waals surface area contributed by atoms with Crippen molar-refractivity contribution in [2.75, 3.05) is 23.4 Å². The summed E-state index contributed by atoms with van der Waals surface area (Å²) in [6.45, 7) is 1.39. The van der Waals surface area contributed by atoms with E-state index in [1.165, 1.54) is 6.92 Å². The van der Waals surface area contributed by atoms with Gasteiger partial charge in [-0.05, 0) is 30.2 Å². The number of aromatic nitrogens is 1. The lowest BCUT2D eigenvalue weighted by molar-refractivity contribution is -0.150. The minimum absolute atomic E-state index is 0.00329. The molecular formula is C25H26N4O5. The number of amides is 3. The number of benzene rings is 2. The first-order valence-electron chi connectivity index (χ1n) is 11.1. The maximum absolute atomic E-state index is 12.7. The number of carbonyl (C=O) groups is 4. The molecular weight excluding hydrogens is 436 g/mol. The Hall–Kier alpha value is -4.14. The molecule has 0 unspecified atom stereocenters. The van der Waals surface area contributed by atoms with Gasteiger partial charge < -0.3 is 25.3 Å². The first-order chi connectivity index (χ1) is 16.4. The van der Waals surface area contributed by atoms with Crippen LogP contribution in [0.15, 0.2) is 54.7 Å². The molecule has 2 aromatic carbocycles. The fourth-order valence-electron chi connectivity index (χ4n) is 4.10. The van der Waals surface area contributed by atoms with Gasteiger partial charge in [0.15, 0.2) is 6.61 Å². The lowest BCUT2D eigenvalue weighted by Gasteiger charge is -2.20. The molecule has 0 bridgehead atoms. The van der Waals surface area contributed by atoms with Gasteiger partial charge in [-0.15, -0.1) is 0 Å². The lowest BCUT2D eigenvalue weighted by Crippen LogP contribution is -2.43. The highest BCUT2D eigenvalue weighted by atomic mass is 16.5. The summed E-state index contributed by atoms with van der Waals surface area (Å²) in [7, 11) is 0. The number of hydrogen-bond acceptors (Lipinski definition) is 5. The SMILES string of the molecule is CC(=O)N[C@@H](Cc1c[nH]c2ccccc12)C(=O)OCC(=O)Nc1ccccc1N1CCCC1=O. The fourth-order valence-corrected chi connectivity index (χ4v) is 4.10. The molecule has 0 aliphatic carbocycles. The summed E-state index contributed by atoms with van der Waals surface area (Å²) in [5.41, 5.74) is 2.85. The highest BCUT2D eigenvalue weighted by molar-refractivity contribution is 6.02. The summed E-state index contributed by atoms with van der Waals surface area (Å²) in [4.78, 5) is 53.8. The van der Waals surface area contributed by atoms with Crippen molar-refractivity contribution in [2.45, 2.75) is 32.2 Å². The van der Waals surface area contributed by atoms with E-state index in [4.69, 9.17) is 4.74 Å². The average molecular weight is 463 g/mol. The van der Waals surface area contributed by atoms with Crippen molar-refractivity contribution in [3.8, 4) is 0 Å². The van der Waals surface area contributed by atoms with Gasteiger partial charge in [0.2, 0.25) is 11.8 Å². The number of hydrogen-bond donors (Lipinski definition) is 3. The van der Waals surface area contributed by atoms with E-state index in [9.17, 15) is 19.2 Å². The Bertz CT molecular complexity index is 1230. The molecule has 3 N–H and O–H groups in total. The molecule has 176 valence electrons. The molecule has 1 saturated heterocycles. The summed E-state index contributed by atoms with van der Waals surface area (Å²) >= 11 is 0. The van der Waals surface area contributed by atoms with Crippen LogP contribution >= 0.6 is 0 Å². The second-order valence-electron chi connectivity index (χ2n) is 8.14. The average Bonchev–Trinajstić information content (AvgIpc) is 3.43. The van der Waals surface area contributed by atoms with Crippen molar-refractivity contribution in [1.29, 1.82) is 0 Å². The Morgan fingerprint density at radius 3 is 2.65 bits per heavy atom. The number of ether oxygens (including phenoxy) is 1. The van der Waals surface area contributed by atoms with E-state index >= 15 is 0 Å². The third-order valence-corrected chi connectivity index (χ3v) is 5.65. The van der Waals surface area contributed by atoms with E-state index in [0.29, 0.717) is 24.3 Å². The molecule has 1 atom stereocenters. The van der Waals surface area contributed by atoms with E-state index < -0.39 is 24.5 Å². The maximum atomic E-state index is 12.7. The number of fused-ring (bicyclic) bond motifs is 1. The number of carbonyl (C=O) groups excluding carboxylic acids is 4. The maximum Gasteiger partial charge on any atom is 0.329 e. The van der Waals surface area contributed by atoms with E-state index in [2.05, 4.69) is 15.6 Å². The monoisotopic (exact) mass is 462 g/mol. The fraction of sp³-hybridized carbons (Fsp3) is 0.280. The van der Waals surface area contributed by atoms with Crippen LogP contribution in [0, 0.1) is 0 Å². The smallest absolute Gasteiger partial charge is 0.329 e. The Kier molecular flexibility index (Phi) is 6.91. The Labute approximate surface area is 196 Å². The van der Waals surface area contributed by atoms with Gasteiger partial charge in [0.25, 0.3) is 5.91 Å². The molecule has 1 aliphatic heterocycles. The topological polar surface area (TPSA) is 121 Å². The number of esters is 1. The molecule has 1 fully saturated rings. The zero-order valence-electron chi connectivity index (χ0n) is 18.8. The predicted octanol–water partition coefficient (Wildman–Crippen LogP) is 2.52. The van der Waals surface area contributed by atoms with Gasteiger partial charge in [0.05, 0.1) is 11.4 Å². The summed E-state index contributed by atoms with van der Waals surface area (Å²) < 4.78 is 5.23. The molecule has 1 aliphatic rings. The number of aromatic amines is 1. The van der Waals surface area contributed by atoms with Gasteiger partial charge in [-0.2, -0.15) is 0 Å². The van der Waals surface area contributed by atoms with Gasteiger partial charge in [-0.25, -0.2) is 4.79 Å². The quantitative estimate of drug-likeness (QED) is 0.444. The molecule has 0 spiro atoms. The second kappa shape index (κ2) is 10.2. The van der Waals surface area contributed by atoms with E-state index in [-0.39, 0.29) is 18.2 Å². The highest BCUT2D eigenvalue weighted by Crippen LogP contribution is 2.29. The van der Waals surface area contributed by atoms with Crippen molar-refractivity contribution < 1.29 is 23.9 Å². The zero-order chi connectivity index (χ0) is 24.1. The van der Waals surface area contributed by atoms with Crippen LogP contribution in [-0.2, 0) is 30.3 Å². The largest absolute Gasteiger partial charge is 0.454 e. The molecule has 3 amide bonds. The Morgan fingerprint density at radius 1 is 1.12 bits per heavy atom. The third-order valence-electron chi connectivity index (χ3n) is 5.65. The first-order valence-corrected chi connectivity index (χ1v) is 11.1. The molecule has 4 rings (SSSR count). The molecule has 9 nitrogen and oxygen atoms in total. The third kappa shape index (κ3) is 5.25. The first kappa shape index (κ1) is 23.0. The molecule has 0 radical (unpaired) electrons. The van der Waals surface area contributed by atoms with Crippen LogP contribution < -0.4 is 15.5 Å². The molecule has 3 aromatic rings. The molecule has 9 heteroatoms. The molecule has 2 heterocycles. The number of anilines is 2. The summed E-state index contributed by atoms with van der Waals surface area (Å²) in [6.07, 6.45) is 3.24. The minimum atomic E-state index is -0.945. The van der Waals surface area contributed by atoms with Crippen LogP contribution in [0.1, 0.15) is 25.3 Å². The van der Waals surface area contributed by atoms with Crippen LogP contribution in [0.5, 0.6) is 0 Å². The number of nitrogens with one attached hydrogen (secondary N) is 3. The summed E-state index contributed by atoms with van der Waals surface area (Å²) in [5, 5.41) is 6.26. The molecule has 34 heavy (non-hydrogen) atoms. The second-order valence-corrected chi connectivity index (χ2v) is 8.14. The van der Waals surface area contributed by atoms with Crippen molar-refractivity contribution in [3.05, 3.63) is 60.3 Å². The zero-order valence-corrected chi connectivity index (χ0v) is 18.8. The number of rotatable bonds is 8. The van der Waals surface area contributed by atoms with Gasteiger partial charge in [-0.1, -0.05) is 30.3 Å². The van der Waals surface area contributed by atoms with Crippen LogP contribution in [-0.4, -0.2) is 47.9 Å². The summed E-state index contributed by atoms with van der Waals surface area (Å²) in [5.74, 6) is -1.63. The van der Waals surface area contributed by atoms with Gasteiger partial charge in [0, 0.05) is 43.4 Å². The number of H-pyrrole nitrogens is 1. The van der Waals surface area contributed by atoms with Crippen molar-refractivity contribution in [1.82, 2.24) is 10.3 Å². The van der Waals surface area contributed by atoms with Gasteiger partial charge >= 0.3 is 5.97 Å². The highest BCUT2D eigenvalue weighted by Gasteiger charge is 2.26. The Balaban J connectivity index is 1.39. The van der Waals surface area contributed by atoms with Gasteiger partial charge in [-0.3, -0.25) is 14.4 Å². The van der Waals surface area contributed by atoms with E-state index in [0.717, 1.165) is 22.9 Å². The van der Waals surface area contributed by atoms with Crippen molar-refractivity contribution in [3.63, 3.8) is 0 Å². The Morgan fingerprint density at radius 2 is 1.88 bits per heavy atom. The minimum Gasteiger partial charge on any atom is -0.454 e. The summed E-state index contributed by atoms with van der Waals surface area (Å²) in [6, 6.07) is 13.7. The number of nitrogens with zero attached hydrogens (tertiary/aromatic N) is 1. The van der Waals surface area contributed by atoms with Gasteiger partial charge in [0.1, 0.15) is 6.04 Å². The van der Waals surface area contributed by atoms with Crippen molar-refractivity contribution in [2.24, 2.45) is 0 Å². The number of para-hydroxylation sites is 3. The molecule has 1 aromatic heterocycles. The van der Waals surface area contributed by atoms with E-state index in [1.807, 2.05) is 24.3 Å². The molecule has 0 saturated carbocycles. The lowest BCUT2D eigenvalue weighted by atomic mass is 10.0. The van der Waals surface area contributed by atoms with Crippen LogP contribution in [0.4, 0.5) is 11.4 Å². The standard InChI is InChI=1S/C25H26N4O5/c1-16(30)27-21(13-17-14-26-19-8-3-2-7-18(17)19)25(33)34-15-23(31)28-20-9-4-5-10-22(20)29-12-6-11-24(29)32/h2-5,7-10,14,21,26H,6,11-13,15H2,1H3,(H,27,30)(H,28,31)/t21-/m0/s1. The normalized spacial score (nSPS) is 14.1. The van der Waals surface area contributed by atoms with Crippen LogP contribution in [0.3, 0.4) is 0 Å². The van der Waals surface area contributed by atoms with E-state index in [1.54, 1.807) is 35.4 Å². The van der Waals surface area contributed by atoms with Crippen molar-refractivity contribution >= 4 is 46.0 Å². The van der Waals surface area contributed by atoms with Crippen LogP contribution in [0.25, 0.3) is 10.9 Å². The van der Waals surface area contributed by atoms with Crippen LogP contribution in [0.2, 0.25) is 0 Å².